The summed E-state index contributed by atoms with van der Waals surface area (Å²) >= 11 is 0. The van der Waals surface area contributed by atoms with E-state index in [2.05, 4.69) is 0 Å². The normalized spacial score (nSPS) is 20.9. The summed E-state index contributed by atoms with van der Waals surface area (Å²) < 4.78 is 25.8. The molecule has 1 N–H and O–H groups in total. The van der Waals surface area contributed by atoms with Gasteiger partial charge in [-0.3, -0.25) is 4.79 Å². The second kappa shape index (κ2) is 5.67. The molecule has 0 bridgehead atoms. The van der Waals surface area contributed by atoms with Gasteiger partial charge in [0.25, 0.3) is 0 Å². The van der Waals surface area contributed by atoms with Crippen LogP contribution in [0.25, 0.3) is 0 Å². The predicted octanol–water partition coefficient (Wildman–Crippen LogP) is 2.39. The lowest BCUT2D eigenvalue weighted by molar-refractivity contribution is -0.141. The Kier molecular flexibility index (Phi) is 4.37. The number of rotatable bonds is 4. The van der Waals surface area contributed by atoms with Crippen molar-refractivity contribution in [1.82, 2.24) is 0 Å². The van der Waals surface area contributed by atoms with Crippen LogP contribution in [0.5, 0.6) is 0 Å². The van der Waals surface area contributed by atoms with E-state index in [1.807, 2.05) is 27.7 Å². The molecule has 1 saturated heterocycles. The summed E-state index contributed by atoms with van der Waals surface area (Å²) in [5, 5.41) is 8.98. The van der Waals surface area contributed by atoms with Crippen molar-refractivity contribution in [2.45, 2.75) is 52.2 Å². The van der Waals surface area contributed by atoms with Crippen molar-refractivity contribution in [3.8, 4) is 0 Å². The molecule has 120 valence electrons. The highest BCUT2D eigenvalue weighted by Crippen LogP contribution is 2.36. The lowest BCUT2D eigenvalue weighted by atomic mass is 9.78. The zero-order chi connectivity index (χ0) is 16.7. The summed E-state index contributed by atoms with van der Waals surface area (Å²) in [6.07, 6.45) is 0.133. The first kappa shape index (κ1) is 17.0. The molecule has 6 heteroatoms. The van der Waals surface area contributed by atoms with Gasteiger partial charge < -0.3 is 14.4 Å². The first-order valence-corrected chi connectivity index (χ1v) is 7.40. The molecule has 1 aliphatic heterocycles. The number of carboxylic acid groups (broad SMARTS) is 1. The van der Waals surface area contributed by atoms with Gasteiger partial charge in [0.1, 0.15) is 5.82 Å². The van der Waals surface area contributed by atoms with Gasteiger partial charge in [-0.15, -0.1) is 0 Å². The largest absolute Gasteiger partial charge is 0.494 e. The van der Waals surface area contributed by atoms with E-state index in [1.165, 1.54) is 6.07 Å². The molecule has 0 aromatic heterocycles. The van der Waals surface area contributed by atoms with Crippen LogP contribution < -0.4 is 5.46 Å². The molecule has 1 unspecified atom stereocenters. The molecule has 0 radical (unpaired) electrons. The van der Waals surface area contributed by atoms with Crippen LogP contribution in [-0.2, 0) is 20.5 Å². The minimum absolute atomic E-state index is 0.133. The number of carboxylic acids is 1. The number of carbonyl (C=O) groups is 1. The van der Waals surface area contributed by atoms with Crippen LogP contribution in [0, 0.1) is 11.7 Å². The SMILES string of the molecule is CC(Cc1cc(B2OC(C)(C)C(C)(C)O2)ccc1F)C(=O)O. The fourth-order valence-corrected chi connectivity index (χ4v) is 2.29. The van der Waals surface area contributed by atoms with Crippen LogP contribution in [-0.4, -0.2) is 29.4 Å². The molecule has 0 amide bonds. The first-order valence-electron chi connectivity index (χ1n) is 7.40. The molecule has 4 nitrogen and oxygen atoms in total. The van der Waals surface area contributed by atoms with E-state index in [-0.39, 0.29) is 6.42 Å². The maximum atomic E-state index is 13.9. The molecule has 0 aliphatic carbocycles. The van der Waals surface area contributed by atoms with Crippen molar-refractivity contribution in [3.63, 3.8) is 0 Å². The van der Waals surface area contributed by atoms with Crippen LogP contribution in [0.2, 0.25) is 0 Å². The molecule has 2 rings (SSSR count). The average Bonchev–Trinajstić information content (AvgIpc) is 2.60. The topological polar surface area (TPSA) is 55.8 Å². The Balaban J connectivity index is 2.25. The van der Waals surface area contributed by atoms with Crippen molar-refractivity contribution in [2.24, 2.45) is 5.92 Å². The van der Waals surface area contributed by atoms with Gasteiger partial charge in [-0.25, -0.2) is 4.39 Å². The first-order chi connectivity index (χ1) is 10.0. The van der Waals surface area contributed by atoms with Crippen molar-refractivity contribution in [1.29, 1.82) is 0 Å². The summed E-state index contributed by atoms with van der Waals surface area (Å²) in [5.41, 5.74) is 0.121. The summed E-state index contributed by atoms with van der Waals surface area (Å²) in [6, 6.07) is 4.59. The van der Waals surface area contributed by atoms with Crippen LogP contribution in [0.3, 0.4) is 0 Å². The van der Waals surface area contributed by atoms with Gasteiger partial charge in [0, 0.05) is 0 Å². The molecule has 1 fully saturated rings. The monoisotopic (exact) mass is 308 g/mol. The quantitative estimate of drug-likeness (QED) is 0.868. The standard InChI is InChI=1S/C16H22BFO4/c1-10(14(19)20)8-11-9-12(6-7-13(11)18)17-21-15(2,3)16(4,5)22-17/h6-7,9-10H,8H2,1-5H3,(H,19,20). The Hall–Kier alpha value is -1.40. The third kappa shape index (κ3) is 3.18. The van der Waals surface area contributed by atoms with E-state index < -0.39 is 36.0 Å². The van der Waals surface area contributed by atoms with Gasteiger partial charge in [-0.05, 0) is 51.2 Å². The lowest BCUT2D eigenvalue weighted by Gasteiger charge is -2.32. The lowest BCUT2D eigenvalue weighted by Crippen LogP contribution is -2.41. The summed E-state index contributed by atoms with van der Waals surface area (Å²) in [5.74, 6) is -2.00. The zero-order valence-electron chi connectivity index (χ0n) is 13.6. The van der Waals surface area contributed by atoms with Crippen LogP contribution >= 0.6 is 0 Å². The number of hydrogen-bond donors (Lipinski definition) is 1. The van der Waals surface area contributed by atoms with Gasteiger partial charge in [-0.2, -0.15) is 0 Å². The number of aliphatic carboxylic acids is 1. The predicted molar refractivity (Wildman–Crippen MR) is 82.6 cm³/mol. The Labute approximate surface area is 130 Å². The van der Waals surface area contributed by atoms with Crippen LogP contribution in [0.4, 0.5) is 4.39 Å². The van der Waals surface area contributed by atoms with Gasteiger partial charge in [-0.1, -0.05) is 19.1 Å². The molecular formula is C16H22BFO4. The maximum Gasteiger partial charge on any atom is 0.494 e. The molecule has 1 aliphatic rings. The fourth-order valence-electron chi connectivity index (χ4n) is 2.29. The Morgan fingerprint density at radius 3 is 2.32 bits per heavy atom. The average molecular weight is 308 g/mol. The highest BCUT2D eigenvalue weighted by molar-refractivity contribution is 6.62. The fraction of sp³-hybridized carbons (Fsp3) is 0.562. The van der Waals surface area contributed by atoms with Crippen LogP contribution in [0.15, 0.2) is 18.2 Å². The van der Waals surface area contributed by atoms with Crippen molar-refractivity contribution in [3.05, 3.63) is 29.6 Å². The highest BCUT2D eigenvalue weighted by Gasteiger charge is 2.51. The maximum absolute atomic E-state index is 13.9. The van der Waals surface area contributed by atoms with E-state index in [0.29, 0.717) is 11.0 Å². The molecule has 1 heterocycles. The summed E-state index contributed by atoms with van der Waals surface area (Å²) in [6.45, 7) is 9.35. The Bertz CT molecular complexity index is 570. The van der Waals surface area contributed by atoms with E-state index in [4.69, 9.17) is 14.4 Å². The second-order valence-electron chi connectivity index (χ2n) is 6.88. The minimum atomic E-state index is -0.944. The molecule has 0 saturated carbocycles. The summed E-state index contributed by atoms with van der Waals surface area (Å²) in [4.78, 5) is 11.0. The molecule has 1 aromatic carbocycles. The van der Waals surface area contributed by atoms with E-state index in [1.54, 1.807) is 19.1 Å². The minimum Gasteiger partial charge on any atom is -0.481 e. The smallest absolute Gasteiger partial charge is 0.481 e. The van der Waals surface area contributed by atoms with E-state index in [0.717, 1.165) is 0 Å². The molecule has 22 heavy (non-hydrogen) atoms. The molecule has 0 spiro atoms. The Morgan fingerprint density at radius 1 is 1.27 bits per heavy atom. The van der Waals surface area contributed by atoms with E-state index in [9.17, 15) is 9.18 Å². The van der Waals surface area contributed by atoms with Crippen LogP contribution in [0.1, 0.15) is 40.2 Å². The number of benzene rings is 1. The molecular weight excluding hydrogens is 286 g/mol. The second-order valence-corrected chi connectivity index (χ2v) is 6.88. The summed E-state index contributed by atoms with van der Waals surface area (Å²) in [7, 11) is -0.579. The number of hydrogen-bond acceptors (Lipinski definition) is 3. The van der Waals surface area contributed by atoms with Gasteiger partial charge in [0.05, 0.1) is 17.1 Å². The third-order valence-electron chi connectivity index (χ3n) is 4.54. The molecule has 1 aromatic rings. The van der Waals surface area contributed by atoms with Gasteiger partial charge in [0.2, 0.25) is 0 Å². The third-order valence-corrected chi connectivity index (χ3v) is 4.54. The zero-order valence-corrected chi connectivity index (χ0v) is 13.6. The van der Waals surface area contributed by atoms with Crippen molar-refractivity contribution in [2.75, 3.05) is 0 Å². The Morgan fingerprint density at radius 2 is 1.82 bits per heavy atom. The van der Waals surface area contributed by atoms with E-state index >= 15 is 0 Å². The van der Waals surface area contributed by atoms with Crippen molar-refractivity contribution < 1.29 is 23.6 Å². The van der Waals surface area contributed by atoms with Gasteiger partial charge >= 0.3 is 13.1 Å². The van der Waals surface area contributed by atoms with Gasteiger partial charge in [0.15, 0.2) is 0 Å². The number of halogens is 1. The molecule has 1 atom stereocenters. The highest BCUT2D eigenvalue weighted by atomic mass is 19.1. The van der Waals surface area contributed by atoms with Crippen molar-refractivity contribution >= 4 is 18.6 Å².